The van der Waals surface area contributed by atoms with E-state index in [1.54, 1.807) is 11.8 Å². The largest absolute Gasteiger partial charge is 0.484 e. The Morgan fingerprint density at radius 2 is 1.59 bits per heavy atom. The van der Waals surface area contributed by atoms with Crippen LogP contribution < -0.4 is 10.1 Å². The number of para-hydroxylation sites is 1. The highest BCUT2D eigenvalue weighted by atomic mass is 16.5. The van der Waals surface area contributed by atoms with Gasteiger partial charge in [-0.05, 0) is 49.4 Å². The van der Waals surface area contributed by atoms with Crippen LogP contribution in [0.2, 0.25) is 0 Å². The minimum atomic E-state index is -0.596. The number of nitrogens with zero attached hydrogens (tertiary/aromatic N) is 1. The average Bonchev–Trinajstić information content (AvgIpc) is 2.70. The summed E-state index contributed by atoms with van der Waals surface area (Å²) in [6.45, 7) is 10.6. The van der Waals surface area contributed by atoms with Crippen LogP contribution in [0.15, 0.2) is 48.5 Å². The Morgan fingerprint density at radius 3 is 2.21 bits per heavy atom. The third-order valence-electron chi connectivity index (χ3n) is 4.90. The van der Waals surface area contributed by atoms with Gasteiger partial charge < -0.3 is 15.0 Å². The topological polar surface area (TPSA) is 58.6 Å². The summed E-state index contributed by atoms with van der Waals surface area (Å²) >= 11 is 0. The van der Waals surface area contributed by atoms with Gasteiger partial charge in [-0.15, -0.1) is 0 Å². The van der Waals surface area contributed by atoms with Gasteiger partial charge in [-0.1, -0.05) is 56.3 Å². The molecule has 0 unspecified atom stereocenters. The van der Waals surface area contributed by atoms with Crippen molar-refractivity contribution < 1.29 is 14.3 Å². The molecule has 0 fully saturated rings. The summed E-state index contributed by atoms with van der Waals surface area (Å²) in [6.07, 6.45) is 0. The Hall–Kier alpha value is -2.82. The molecule has 1 atom stereocenters. The number of rotatable bonds is 9. The first-order valence-corrected chi connectivity index (χ1v) is 10.1. The first kappa shape index (κ1) is 22.5. The molecule has 0 spiro atoms. The molecular weight excluding hydrogens is 364 g/mol. The average molecular weight is 397 g/mol. The van der Waals surface area contributed by atoms with Crippen LogP contribution in [-0.2, 0) is 16.1 Å². The van der Waals surface area contributed by atoms with Crippen molar-refractivity contribution in [1.82, 2.24) is 10.2 Å². The molecule has 29 heavy (non-hydrogen) atoms. The zero-order valence-electron chi connectivity index (χ0n) is 18.1. The fraction of sp³-hybridized carbons (Fsp3) is 0.417. The number of aryl methyl sites for hydroxylation is 2. The molecule has 0 aromatic heterocycles. The van der Waals surface area contributed by atoms with E-state index >= 15 is 0 Å². The van der Waals surface area contributed by atoms with Crippen molar-refractivity contribution in [2.75, 3.05) is 13.2 Å². The Morgan fingerprint density at radius 1 is 0.966 bits per heavy atom. The fourth-order valence-corrected chi connectivity index (χ4v) is 2.95. The molecule has 0 heterocycles. The monoisotopic (exact) mass is 396 g/mol. The minimum absolute atomic E-state index is 0.113. The molecule has 0 aliphatic rings. The van der Waals surface area contributed by atoms with Gasteiger partial charge >= 0.3 is 0 Å². The zero-order chi connectivity index (χ0) is 21.4. The second-order valence-electron chi connectivity index (χ2n) is 7.82. The molecule has 0 aliphatic heterocycles. The van der Waals surface area contributed by atoms with Gasteiger partial charge in [-0.2, -0.15) is 0 Å². The van der Waals surface area contributed by atoms with Gasteiger partial charge in [0.1, 0.15) is 11.8 Å². The predicted octanol–water partition coefficient (Wildman–Crippen LogP) is 3.87. The van der Waals surface area contributed by atoms with Crippen molar-refractivity contribution >= 4 is 11.8 Å². The molecule has 0 saturated heterocycles. The number of amides is 2. The first-order chi connectivity index (χ1) is 13.8. The minimum Gasteiger partial charge on any atom is -0.484 e. The van der Waals surface area contributed by atoms with Gasteiger partial charge in [-0.25, -0.2) is 0 Å². The summed E-state index contributed by atoms with van der Waals surface area (Å²) in [5.74, 6) is 0.643. The smallest absolute Gasteiger partial charge is 0.261 e. The molecule has 0 saturated carbocycles. The van der Waals surface area contributed by atoms with E-state index in [1.165, 1.54) is 0 Å². The second-order valence-corrected chi connectivity index (χ2v) is 7.82. The molecular formula is C24H32N2O3. The van der Waals surface area contributed by atoms with Crippen LogP contribution in [0.5, 0.6) is 5.75 Å². The molecule has 2 aromatic carbocycles. The van der Waals surface area contributed by atoms with E-state index in [0.717, 1.165) is 16.7 Å². The Balaban J connectivity index is 2.16. The van der Waals surface area contributed by atoms with Crippen LogP contribution in [0.4, 0.5) is 0 Å². The van der Waals surface area contributed by atoms with Gasteiger partial charge in [0.15, 0.2) is 6.61 Å². The Kier molecular flexibility index (Phi) is 8.25. The number of carbonyl (C=O) groups excluding carboxylic acids is 2. The quantitative estimate of drug-likeness (QED) is 0.700. The second kappa shape index (κ2) is 10.6. The highest BCUT2D eigenvalue weighted by molar-refractivity contribution is 5.88. The normalized spacial score (nSPS) is 11.8. The number of carbonyl (C=O) groups is 2. The van der Waals surface area contributed by atoms with Crippen molar-refractivity contribution in [3.63, 3.8) is 0 Å². The molecule has 0 aliphatic carbocycles. The van der Waals surface area contributed by atoms with E-state index in [4.69, 9.17) is 4.74 Å². The maximum Gasteiger partial charge on any atom is 0.261 e. The first-order valence-electron chi connectivity index (χ1n) is 10.1. The van der Waals surface area contributed by atoms with E-state index in [9.17, 15) is 9.59 Å². The summed E-state index contributed by atoms with van der Waals surface area (Å²) < 4.78 is 5.75. The summed E-state index contributed by atoms with van der Waals surface area (Å²) in [7, 11) is 0. The van der Waals surface area contributed by atoms with E-state index < -0.39 is 6.04 Å². The number of hydrogen-bond donors (Lipinski definition) is 1. The summed E-state index contributed by atoms with van der Waals surface area (Å²) in [5.41, 5.74) is 3.06. The van der Waals surface area contributed by atoms with Crippen LogP contribution in [0.3, 0.4) is 0 Å². The molecule has 2 rings (SSSR count). The van der Waals surface area contributed by atoms with Crippen LogP contribution in [0.1, 0.15) is 37.5 Å². The highest BCUT2D eigenvalue weighted by Gasteiger charge is 2.27. The van der Waals surface area contributed by atoms with Crippen LogP contribution in [-0.4, -0.2) is 35.9 Å². The number of ether oxygens (including phenoxy) is 1. The lowest BCUT2D eigenvalue weighted by atomic mass is 10.1. The maximum absolute atomic E-state index is 13.0. The molecule has 5 heteroatoms. The summed E-state index contributed by atoms with van der Waals surface area (Å²) in [6, 6.07) is 14.9. The van der Waals surface area contributed by atoms with Gasteiger partial charge in [0.05, 0.1) is 0 Å². The summed E-state index contributed by atoms with van der Waals surface area (Å²) in [4.78, 5) is 27.3. The van der Waals surface area contributed by atoms with Crippen molar-refractivity contribution in [2.24, 2.45) is 5.92 Å². The zero-order valence-corrected chi connectivity index (χ0v) is 18.1. The Labute approximate surface area is 174 Å². The standard InChI is InChI=1S/C24H32N2O3/c1-17(2)14-25-24(28)20(5)26(15-21-12-8-6-10-18(21)3)23(27)16-29-22-13-9-7-11-19(22)4/h6-13,17,20H,14-16H2,1-5H3,(H,25,28)/t20-/m1/s1. The van der Waals surface area contributed by atoms with Crippen LogP contribution in [0, 0.1) is 19.8 Å². The molecule has 5 nitrogen and oxygen atoms in total. The van der Waals surface area contributed by atoms with Crippen molar-refractivity contribution in [3.05, 3.63) is 65.2 Å². The van der Waals surface area contributed by atoms with Crippen molar-refractivity contribution in [3.8, 4) is 5.75 Å². The number of hydrogen-bond acceptors (Lipinski definition) is 3. The molecule has 2 aromatic rings. The number of nitrogens with one attached hydrogen (secondary N) is 1. The van der Waals surface area contributed by atoms with Gasteiger partial charge in [0, 0.05) is 13.1 Å². The van der Waals surface area contributed by atoms with Crippen molar-refractivity contribution in [2.45, 2.75) is 47.2 Å². The third-order valence-corrected chi connectivity index (χ3v) is 4.90. The predicted molar refractivity (Wildman–Crippen MR) is 116 cm³/mol. The molecule has 156 valence electrons. The summed E-state index contributed by atoms with van der Waals surface area (Å²) in [5, 5.41) is 2.93. The van der Waals surface area contributed by atoms with Gasteiger partial charge in [0.2, 0.25) is 5.91 Å². The Bertz CT molecular complexity index is 832. The molecule has 1 N–H and O–H groups in total. The van der Waals surface area contributed by atoms with E-state index in [0.29, 0.717) is 24.8 Å². The van der Waals surface area contributed by atoms with Gasteiger partial charge in [0.25, 0.3) is 5.91 Å². The van der Waals surface area contributed by atoms with E-state index in [-0.39, 0.29) is 18.4 Å². The lowest BCUT2D eigenvalue weighted by molar-refractivity contribution is -0.142. The van der Waals surface area contributed by atoms with Crippen molar-refractivity contribution in [1.29, 1.82) is 0 Å². The molecule has 0 bridgehead atoms. The third kappa shape index (κ3) is 6.63. The molecule has 2 amide bonds. The van der Waals surface area contributed by atoms with E-state index in [1.807, 2.05) is 76.2 Å². The lowest BCUT2D eigenvalue weighted by Crippen LogP contribution is -2.49. The van der Waals surface area contributed by atoms with E-state index in [2.05, 4.69) is 5.32 Å². The highest BCUT2D eigenvalue weighted by Crippen LogP contribution is 2.18. The molecule has 0 radical (unpaired) electrons. The van der Waals surface area contributed by atoms with Crippen LogP contribution in [0.25, 0.3) is 0 Å². The lowest BCUT2D eigenvalue weighted by Gasteiger charge is -2.29. The fourth-order valence-electron chi connectivity index (χ4n) is 2.95. The van der Waals surface area contributed by atoms with Gasteiger partial charge in [-0.3, -0.25) is 9.59 Å². The SMILES string of the molecule is Cc1ccccc1CN(C(=O)COc1ccccc1C)[C@H](C)C(=O)NCC(C)C. The number of benzene rings is 2. The maximum atomic E-state index is 13.0. The van der Waals surface area contributed by atoms with Crippen LogP contribution >= 0.6 is 0 Å².